The molecule has 23 heavy (non-hydrogen) atoms. The standard InChI is InChI=1S/C16H19N5O2/c1-17-15-13(3-2-4-20-15)16(23)21-9-11(14(22)10-21)7-12-8-18-5-6-19-12/h2-6,8,11,14,22H,7,9-10H2,1H3,(H,17,20)/t11-,14-/m1/s1. The Kier molecular flexibility index (Phi) is 4.47. The van der Waals surface area contributed by atoms with Gasteiger partial charge in [0.05, 0.1) is 17.4 Å². The van der Waals surface area contributed by atoms with Crippen LogP contribution in [0.1, 0.15) is 16.1 Å². The van der Waals surface area contributed by atoms with Crippen LogP contribution < -0.4 is 5.32 Å². The van der Waals surface area contributed by atoms with Crippen LogP contribution in [0, 0.1) is 5.92 Å². The lowest BCUT2D eigenvalue weighted by atomic mass is 10.0. The van der Waals surface area contributed by atoms with Gasteiger partial charge in [-0.2, -0.15) is 0 Å². The number of β-amino-alcohol motifs (C(OH)–C–C–N with tert-alkyl or cyclic N) is 1. The summed E-state index contributed by atoms with van der Waals surface area (Å²) in [5.74, 6) is 0.387. The molecule has 2 aromatic rings. The fourth-order valence-electron chi connectivity index (χ4n) is 2.87. The molecule has 2 N–H and O–H groups in total. The minimum absolute atomic E-state index is 0.0367. The van der Waals surface area contributed by atoms with Gasteiger partial charge in [-0.25, -0.2) is 4.98 Å². The maximum atomic E-state index is 12.7. The zero-order valence-corrected chi connectivity index (χ0v) is 12.9. The van der Waals surface area contributed by atoms with Crippen LogP contribution in [0.3, 0.4) is 0 Å². The Bertz CT molecular complexity index is 679. The molecule has 0 aliphatic carbocycles. The highest BCUT2D eigenvalue weighted by Gasteiger charge is 2.35. The van der Waals surface area contributed by atoms with Crippen molar-refractivity contribution in [3.63, 3.8) is 0 Å². The topological polar surface area (TPSA) is 91.2 Å². The zero-order valence-electron chi connectivity index (χ0n) is 12.9. The highest BCUT2D eigenvalue weighted by atomic mass is 16.3. The molecule has 0 aromatic carbocycles. The number of hydrogen-bond acceptors (Lipinski definition) is 6. The number of nitrogens with one attached hydrogen (secondary N) is 1. The molecule has 0 bridgehead atoms. The van der Waals surface area contributed by atoms with Gasteiger partial charge in [-0.1, -0.05) is 0 Å². The van der Waals surface area contributed by atoms with Crippen molar-refractivity contribution in [1.82, 2.24) is 19.9 Å². The number of carbonyl (C=O) groups excluding carboxylic acids is 1. The molecule has 0 radical (unpaired) electrons. The summed E-state index contributed by atoms with van der Waals surface area (Å²) >= 11 is 0. The van der Waals surface area contributed by atoms with Crippen LogP contribution in [0.2, 0.25) is 0 Å². The van der Waals surface area contributed by atoms with E-state index in [1.54, 1.807) is 48.9 Å². The van der Waals surface area contributed by atoms with E-state index in [4.69, 9.17) is 0 Å². The van der Waals surface area contributed by atoms with Gasteiger partial charge in [0.25, 0.3) is 5.91 Å². The van der Waals surface area contributed by atoms with Gasteiger partial charge in [-0.05, 0) is 18.6 Å². The minimum atomic E-state index is -0.560. The Morgan fingerprint density at radius 3 is 2.96 bits per heavy atom. The maximum absolute atomic E-state index is 12.7. The van der Waals surface area contributed by atoms with Gasteiger partial charge in [0.15, 0.2) is 0 Å². The molecule has 0 unspecified atom stereocenters. The van der Waals surface area contributed by atoms with Gasteiger partial charge in [0, 0.05) is 50.8 Å². The molecular weight excluding hydrogens is 294 g/mol. The van der Waals surface area contributed by atoms with E-state index in [1.807, 2.05) is 0 Å². The van der Waals surface area contributed by atoms with E-state index in [0.717, 1.165) is 5.69 Å². The SMILES string of the molecule is CNc1ncccc1C(=O)N1C[C@@H](Cc2cnccn2)[C@H](O)C1. The number of likely N-dealkylation sites (tertiary alicyclic amines) is 1. The van der Waals surface area contributed by atoms with E-state index >= 15 is 0 Å². The Morgan fingerprint density at radius 1 is 1.35 bits per heavy atom. The van der Waals surface area contributed by atoms with Gasteiger partial charge in [0.2, 0.25) is 0 Å². The Morgan fingerprint density at radius 2 is 2.22 bits per heavy atom. The van der Waals surface area contributed by atoms with Crippen molar-refractivity contribution in [1.29, 1.82) is 0 Å². The largest absolute Gasteiger partial charge is 0.391 e. The summed E-state index contributed by atoms with van der Waals surface area (Å²) in [7, 11) is 1.73. The number of hydrogen-bond donors (Lipinski definition) is 2. The molecule has 3 heterocycles. The molecule has 0 saturated carbocycles. The molecule has 1 aliphatic heterocycles. The number of carbonyl (C=O) groups is 1. The molecule has 2 atom stereocenters. The fourth-order valence-corrected chi connectivity index (χ4v) is 2.87. The molecule has 1 aliphatic rings. The molecule has 2 aromatic heterocycles. The maximum Gasteiger partial charge on any atom is 0.257 e. The highest BCUT2D eigenvalue weighted by Crippen LogP contribution is 2.24. The average molecular weight is 313 g/mol. The van der Waals surface area contributed by atoms with Crippen molar-refractivity contribution in [2.24, 2.45) is 5.92 Å². The molecule has 1 saturated heterocycles. The van der Waals surface area contributed by atoms with Crippen molar-refractivity contribution < 1.29 is 9.90 Å². The first-order valence-corrected chi connectivity index (χ1v) is 7.54. The number of aliphatic hydroxyl groups is 1. The van der Waals surface area contributed by atoms with E-state index in [0.29, 0.717) is 30.9 Å². The Hall–Kier alpha value is -2.54. The van der Waals surface area contributed by atoms with Crippen molar-refractivity contribution in [2.45, 2.75) is 12.5 Å². The van der Waals surface area contributed by atoms with E-state index in [2.05, 4.69) is 20.3 Å². The summed E-state index contributed by atoms with van der Waals surface area (Å²) in [6.07, 6.45) is 6.62. The first-order valence-electron chi connectivity index (χ1n) is 7.54. The minimum Gasteiger partial charge on any atom is -0.391 e. The van der Waals surface area contributed by atoms with E-state index in [9.17, 15) is 9.90 Å². The van der Waals surface area contributed by atoms with Crippen LogP contribution in [-0.2, 0) is 6.42 Å². The summed E-state index contributed by atoms with van der Waals surface area (Å²) in [5.41, 5.74) is 1.34. The van der Waals surface area contributed by atoms with Gasteiger partial charge in [0.1, 0.15) is 5.82 Å². The van der Waals surface area contributed by atoms with E-state index < -0.39 is 6.10 Å². The lowest BCUT2D eigenvalue weighted by molar-refractivity contribution is 0.0765. The van der Waals surface area contributed by atoms with Crippen LogP contribution >= 0.6 is 0 Å². The summed E-state index contributed by atoms with van der Waals surface area (Å²) in [6, 6.07) is 3.47. The molecule has 0 spiro atoms. The van der Waals surface area contributed by atoms with Gasteiger partial charge in [-0.3, -0.25) is 14.8 Å². The van der Waals surface area contributed by atoms with Gasteiger partial charge in [-0.15, -0.1) is 0 Å². The second-order valence-corrected chi connectivity index (χ2v) is 5.59. The van der Waals surface area contributed by atoms with Crippen LogP contribution in [0.5, 0.6) is 0 Å². The normalized spacial score (nSPS) is 20.5. The first-order chi connectivity index (χ1) is 11.2. The predicted octanol–water partition coefficient (Wildman–Crippen LogP) is 0.589. The van der Waals surface area contributed by atoms with Crippen LogP contribution in [0.4, 0.5) is 5.82 Å². The second-order valence-electron chi connectivity index (χ2n) is 5.59. The summed E-state index contributed by atoms with van der Waals surface area (Å²) in [4.78, 5) is 26.8. The van der Waals surface area contributed by atoms with Crippen molar-refractivity contribution in [2.75, 3.05) is 25.5 Å². The molecule has 3 rings (SSSR count). The number of amides is 1. The lowest BCUT2D eigenvalue weighted by Crippen LogP contribution is -2.30. The van der Waals surface area contributed by atoms with Gasteiger partial charge < -0.3 is 15.3 Å². The summed E-state index contributed by atoms with van der Waals surface area (Å²) < 4.78 is 0. The van der Waals surface area contributed by atoms with Crippen LogP contribution in [-0.4, -0.2) is 57.1 Å². The summed E-state index contributed by atoms with van der Waals surface area (Å²) in [6.45, 7) is 0.816. The Labute approximate surface area is 134 Å². The third-order valence-electron chi connectivity index (χ3n) is 4.06. The smallest absolute Gasteiger partial charge is 0.257 e. The lowest BCUT2D eigenvalue weighted by Gasteiger charge is -2.17. The number of anilines is 1. The highest BCUT2D eigenvalue weighted by molar-refractivity contribution is 5.98. The second kappa shape index (κ2) is 6.70. The van der Waals surface area contributed by atoms with E-state index in [1.165, 1.54) is 0 Å². The first kappa shape index (κ1) is 15.4. The Balaban J connectivity index is 1.72. The predicted molar refractivity (Wildman–Crippen MR) is 84.9 cm³/mol. The number of pyridine rings is 1. The number of nitrogens with zero attached hydrogens (tertiary/aromatic N) is 4. The molecule has 7 heteroatoms. The average Bonchev–Trinajstić information content (AvgIpc) is 2.96. The summed E-state index contributed by atoms with van der Waals surface area (Å²) in [5, 5.41) is 13.2. The zero-order chi connectivity index (χ0) is 16.2. The number of aromatic nitrogens is 3. The quantitative estimate of drug-likeness (QED) is 0.858. The number of aliphatic hydroxyl groups excluding tert-OH is 1. The van der Waals surface area contributed by atoms with E-state index in [-0.39, 0.29) is 11.8 Å². The van der Waals surface area contributed by atoms with Crippen molar-refractivity contribution in [3.8, 4) is 0 Å². The number of rotatable bonds is 4. The molecule has 1 fully saturated rings. The third kappa shape index (κ3) is 3.29. The molecule has 120 valence electrons. The van der Waals surface area contributed by atoms with Crippen LogP contribution in [0.25, 0.3) is 0 Å². The third-order valence-corrected chi connectivity index (χ3v) is 4.06. The molecular formula is C16H19N5O2. The molecule has 7 nitrogen and oxygen atoms in total. The van der Waals surface area contributed by atoms with Crippen molar-refractivity contribution >= 4 is 11.7 Å². The molecule has 1 amide bonds. The fraction of sp³-hybridized carbons (Fsp3) is 0.375. The van der Waals surface area contributed by atoms with Gasteiger partial charge >= 0.3 is 0 Å². The monoisotopic (exact) mass is 313 g/mol. The van der Waals surface area contributed by atoms with Crippen molar-refractivity contribution in [3.05, 3.63) is 48.2 Å². The van der Waals surface area contributed by atoms with Crippen LogP contribution in [0.15, 0.2) is 36.9 Å².